The Morgan fingerprint density at radius 1 is 1.59 bits per heavy atom. The highest BCUT2D eigenvalue weighted by Crippen LogP contribution is 2.25. The second kappa shape index (κ2) is 4.71. The molecule has 17 heavy (non-hydrogen) atoms. The first-order valence-electron chi connectivity index (χ1n) is 5.48. The van der Waals surface area contributed by atoms with Crippen LogP contribution in [-0.4, -0.2) is 36.9 Å². The fraction of sp³-hybridized carbons (Fsp3) is 0.417. The van der Waals surface area contributed by atoms with Gasteiger partial charge in [-0.2, -0.15) is 0 Å². The molecule has 0 radical (unpaired) electrons. The highest BCUT2D eigenvalue weighted by Gasteiger charge is 2.23. The third-order valence-electron chi connectivity index (χ3n) is 2.79. The van der Waals surface area contributed by atoms with E-state index >= 15 is 0 Å². The summed E-state index contributed by atoms with van der Waals surface area (Å²) in [7, 11) is 0. The summed E-state index contributed by atoms with van der Waals surface area (Å²) >= 11 is 0. The van der Waals surface area contributed by atoms with Crippen molar-refractivity contribution >= 4 is 11.7 Å². The molecule has 1 heterocycles. The van der Waals surface area contributed by atoms with Gasteiger partial charge in [0.05, 0.1) is 18.4 Å². The first-order valence-corrected chi connectivity index (χ1v) is 5.48. The van der Waals surface area contributed by atoms with E-state index in [0.29, 0.717) is 25.4 Å². The first-order chi connectivity index (χ1) is 8.09. The third kappa shape index (κ3) is 2.39. The van der Waals surface area contributed by atoms with Gasteiger partial charge in [0.1, 0.15) is 11.4 Å². The quantitative estimate of drug-likeness (QED) is 0.854. The molecule has 5 heteroatoms. The van der Waals surface area contributed by atoms with Crippen LogP contribution in [0.3, 0.4) is 0 Å². The Kier molecular flexibility index (Phi) is 3.28. The van der Waals surface area contributed by atoms with E-state index in [-0.39, 0.29) is 11.7 Å². The lowest BCUT2D eigenvalue weighted by Gasteiger charge is -2.33. The Balaban J connectivity index is 2.37. The highest BCUT2D eigenvalue weighted by atomic mass is 19.1. The van der Waals surface area contributed by atoms with Crippen LogP contribution in [0, 0.1) is 5.82 Å². The molecule has 1 aromatic carbocycles. The minimum Gasteiger partial charge on any atom is -0.478 e. The van der Waals surface area contributed by atoms with Crippen molar-refractivity contribution in [1.82, 2.24) is 0 Å². The summed E-state index contributed by atoms with van der Waals surface area (Å²) in [5.41, 5.74) is 0.161. The number of morpholine rings is 1. The van der Waals surface area contributed by atoms with E-state index in [2.05, 4.69) is 0 Å². The lowest BCUT2D eigenvalue weighted by molar-refractivity contribution is 0.0527. The van der Waals surface area contributed by atoms with E-state index in [4.69, 9.17) is 9.84 Å². The average Bonchev–Trinajstić information content (AvgIpc) is 2.28. The topological polar surface area (TPSA) is 49.8 Å². The van der Waals surface area contributed by atoms with E-state index in [1.807, 2.05) is 11.8 Å². The van der Waals surface area contributed by atoms with Gasteiger partial charge in [-0.05, 0) is 19.1 Å². The zero-order chi connectivity index (χ0) is 12.4. The van der Waals surface area contributed by atoms with Crippen molar-refractivity contribution in [2.75, 3.05) is 24.6 Å². The number of halogens is 1. The van der Waals surface area contributed by atoms with Gasteiger partial charge in [0.25, 0.3) is 0 Å². The smallest absolute Gasteiger partial charge is 0.340 e. The van der Waals surface area contributed by atoms with Crippen molar-refractivity contribution in [2.45, 2.75) is 13.0 Å². The van der Waals surface area contributed by atoms with E-state index < -0.39 is 11.8 Å². The molecule has 1 aliphatic heterocycles. The molecule has 1 saturated heterocycles. The molecular formula is C12H14FNO3. The zero-order valence-electron chi connectivity index (χ0n) is 9.52. The van der Waals surface area contributed by atoms with Crippen LogP contribution in [-0.2, 0) is 4.74 Å². The molecule has 1 aromatic rings. The molecular weight excluding hydrogens is 225 g/mol. The van der Waals surface area contributed by atoms with Crippen molar-refractivity contribution in [2.24, 2.45) is 0 Å². The summed E-state index contributed by atoms with van der Waals surface area (Å²) in [5, 5.41) is 9.05. The lowest BCUT2D eigenvalue weighted by Crippen LogP contribution is -2.41. The van der Waals surface area contributed by atoms with Crippen LogP contribution in [0.15, 0.2) is 18.2 Å². The Morgan fingerprint density at radius 2 is 2.35 bits per heavy atom. The van der Waals surface area contributed by atoms with Crippen LogP contribution in [0.25, 0.3) is 0 Å². The number of carboxylic acids is 1. The molecule has 0 saturated carbocycles. The fourth-order valence-electron chi connectivity index (χ4n) is 2.03. The van der Waals surface area contributed by atoms with Crippen LogP contribution < -0.4 is 4.90 Å². The van der Waals surface area contributed by atoms with E-state index in [9.17, 15) is 9.18 Å². The maximum Gasteiger partial charge on any atom is 0.340 e. The number of benzene rings is 1. The molecule has 92 valence electrons. The number of carboxylic acid groups (broad SMARTS) is 1. The second-order valence-corrected chi connectivity index (χ2v) is 4.07. The molecule has 1 N–H and O–H groups in total. The molecule has 0 aromatic heterocycles. The number of hydrogen-bond donors (Lipinski definition) is 1. The summed E-state index contributed by atoms with van der Waals surface area (Å²) in [5.74, 6) is -1.94. The lowest BCUT2D eigenvalue weighted by atomic mass is 10.1. The van der Waals surface area contributed by atoms with Crippen LogP contribution in [0.1, 0.15) is 17.3 Å². The maximum absolute atomic E-state index is 13.5. The van der Waals surface area contributed by atoms with Crippen LogP contribution in [0.4, 0.5) is 10.1 Å². The number of carbonyl (C=O) groups is 1. The minimum atomic E-state index is -1.24. The van der Waals surface area contributed by atoms with Crippen LogP contribution in [0.5, 0.6) is 0 Å². The Hall–Kier alpha value is -1.62. The summed E-state index contributed by atoms with van der Waals surface area (Å²) in [4.78, 5) is 12.9. The van der Waals surface area contributed by atoms with Gasteiger partial charge in [-0.3, -0.25) is 0 Å². The molecule has 2 rings (SSSR count). The monoisotopic (exact) mass is 239 g/mol. The summed E-state index contributed by atoms with van der Waals surface area (Å²) in [6.07, 6.45) is 0.0219. The molecule has 1 aliphatic rings. The predicted octanol–water partition coefficient (Wildman–Crippen LogP) is 1.75. The largest absolute Gasteiger partial charge is 0.478 e. The normalized spacial score (nSPS) is 20.4. The van der Waals surface area contributed by atoms with Gasteiger partial charge in [0.15, 0.2) is 0 Å². The number of anilines is 1. The van der Waals surface area contributed by atoms with Gasteiger partial charge < -0.3 is 14.7 Å². The van der Waals surface area contributed by atoms with Crippen molar-refractivity contribution in [3.63, 3.8) is 0 Å². The Labute approximate surface area is 98.6 Å². The Bertz CT molecular complexity index is 436. The minimum absolute atomic E-state index is 0.0219. The van der Waals surface area contributed by atoms with E-state index in [1.54, 1.807) is 6.07 Å². The molecule has 0 spiro atoms. The molecule has 1 atom stereocenters. The number of hydrogen-bond acceptors (Lipinski definition) is 3. The van der Waals surface area contributed by atoms with E-state index in [1.165, 1.54) is 6.07 Å². The number of rotatable bonds is 2. The molecule has 1 unspecified atom stereocenters. The standard InChI is InChI=1S/C12H14FNO3/c1-8-7-14(5-6-17-8)10-4-2-3-9(13)11(10)12(15)16/h2-4,8H,5-7H2,1H3,(H,15,16). The number of aromatic carboxylic acids is 1. The van der Waals surface area contributed by atoms with E-state index in [0.717, 1.165) is 6.07 Å². The van der Waals surface area contributed by atoms with Crippen molar-refractivity contribution in [3.8, 4) is 0 Å². The highest BCUT2D eigenvalue weighted by molar-refractivity contribution is 5.94. The molecule has 4 nitrogen and oxygen atoms in total. The summed E-state index contributed by atoms with van der Waals surface area (Å²) in [6, 6.07) is 4.32. The molecule has 1 fully saturated rings. The summed E-state index contributed by atoms with van der Waals surface area (Å²) < 4.78 is 18.9. The number of ether oxygens (including phenoxy) is 1. The predicted molar refractivity (Wildman–Crippen MR) is 61.0 cm³/mol. The van der Waals surface area contributed by atoms with Gasteiger partial charge >= 0.3 is 5.97 Å². The van der Waals surface area contributed by atoms with Crippen LogP contribution in [0.2, 0.25) is 0 Å². The van der Waals surface area contributed by atoms with Gasteiger partial charge in [0.2, 0.25) is 0 Å². The first kappa shape index (κ1) is 11.9. The van der Waals surface area contributed by atoms with Gasteiger partial charge in [-0.15, -0.1) is 0 Å². The van der Waals surface area contributed by atoms with Gasteiger partial charge in [-0.25, -0.2) is 9.18 Å². The average molecular weight is 239 g/mol. The molecule has 0 amide bonds. The number of nitrogens with zero attached hydrogens (tertiary/aromatic N) is 1. The second-order valence-electron chi connectivity index (χ2n) is 4.07. The molecule has 0 bridgehead atoms. The van der Waals surface area contributed by atoms with Crippen molar-refractivity contribution in [1.29, 1.82) is 0 Å². The maximum atomic E-state index is 13.5. The van der Waals surface area contributed by atoms with Crippen molar-refractivity contribution in [3.05, 3.63) is 29.6 Å². The SMILES string of the molecule is CC1CN(c2cccc(F)c2C(=O)O)CCO1. The van der Waals surface area contributed by atoms with Gasteiger partial charge in [0, 0.05) is 13.1 Å². The van der Waals surface area contributed by atoms with Crippen molar-refractivity contribution < 1.29 is 19.0 Å². The fourth-order valence-corrected chi connectivity index (χ4v) is 2.03. The molecule has 0 aliphatic carbocycles. The van der Waals surface area contributed by atoms with Gasteiger partial charge in [-0.1, -0.05) is 6.07 Å². The zero-order valence-corrected chi connectivity index (χ0v) is 9.52. The third-order valence-corrected chi connectivity index (χ3v) is 2.79. The van der Waals surface area contributed by atoms with Crippen LogP contribution >= 0.6 is 0 Å². The summed E-state index contributed by atoms with van der Waals surface area (Å²) in [6.45, 7) is 3.58. The Morgan fingerprint density at radius 3 is 3.00 bits per heavy atom.